The lowest BCUT2D eigenvalue weighted by Crippen LogP contribution is -2.47. The van der Waals surface area contributed by atoms with Gasteiger partial charge in [0.15, 0.2) is 0 Å². The van der Waals surface area contributed by atoms with Crippen molar-refractivity contribution in [1.82, 2.24) is 21.5 Å². The van der Waals surface area contributed by atoms with Crippen molar-refractivity contribution in [3.8, 4) is 0 Å². The van der Waals surface area contributed by atoms with Crippen LogP contribution in [0.5, 0.6) is 0 Å². The molecule has 0 spiro atoms. The fourth-order valence-corrected chi connectivity index (χ4v) is 2.27. The molecule has 0 atom stereocenters. The number of halogens is 1. The number of carbonyl (C=O) groups excluding carboxylic acids is 3. The highest BCUT2D eigenvalue weighted by atomic mass is 32.1. The molecular weight excluding hydrogens is 335 g/mol. The van der Waals surface area contributed by atoms with E-state index in [0.717, 1.165) is 5.56 Å². The molecule has 126 valence electrons. The van der Waals surface area contributed by atoms with E-state index in [0.29, 0.717) is 4.88 Å². The lowest BCUT2D eigenvalue weighted by molar-refractivity contribution is -0.120. The van der Waals surface area contributed by atoms with Crippen LogP contribution in [0.3, 0.4) is 0 Å². The summed E-state index contributed by atoms with van der Waals surface area (Å²) in [5.74, 6) is -1.36. The van der Waals surface area contributed by atoms with Crippen molar-refractivity contribution >= 4 is 29.2 Å². The first-order valence-corrected chi connectivity index (χ1v) is 7.81. The molecule has 0 aliphatic carbocycles. The Labute approximate surface area is 141 Å². The Morgan fingerprint density at radius 2 is 1.75 bits per heavy atom. The third-order valence-electron chi connectivity index (χ3n) is 2.84. The van der Waals surface area contributed by atoms with Crippen LogP contribution >= 0.6 is 11.3 Å². The first kappa shape index (κ1) is 17.4. The standard InChI is InChI=1S/C15H15FN4O3S/c16-11-5-3-10(4-6-11)8-17-15(23)18-9-13(21)19-20-14(22)12-2-1-7-24-12/h1-7H,8-9H2,(H,19,21)(H,20,22)(H2,17,18,23). The van der Waals surface area contributed by atoms with E-state index in [4.69, 9.17) is 0 Å². The molecule has 0 saturated heterocycles. The number of amides is 4. The van der Waals surface area contributed by atoms with Gasteiger partial charge < -0.3 is 10.6 Å². The molecule has 1 aromatic heterocycles. The average molecular weight is 350 g/mol. The Balaban J connectivity index is 1.63. The van der Waals surface area contributed by atoms with Gasteiger partial charge in [-0.25, -0.2) is 9.18 Å². The molecule has 0 fully saturated rings. The molecule has 1 aromatic carbocycles. The molecule has 0 radical (unpaired) electrons. The Morgan fingerprint density at radius 1 is 1.00 bits per heavy atom. The third-order valence-corrected chi connectivity index (χ3v) is 3.70. The Hall–Kier alpha value is -2.94. The SMILES string of the molecule is O=C(CNC(=O)NCc1ccc(F)cc1)NNC(=O)c1cccs1. The number of thiophene rings is 1. The number of carbonyl (C=O) groups is 3. The highest BCUT2D eigenvalue weighted by molar-refractivity contribution is 7.12. The van der Waals surface area contributed by atoms with E-state index in [1.54, 1.807) is 29.6 Å². The van der Waals surface area contributed by atoms with Gasteiger partial charge in [-0.2, -0.15) is 0 Å². The predicted molar refractivity (Wildman–Crippen MR) is 86.6 cm³/mol. The minimum absolute atomic E-state index is 0.197. The van der Waals surface area contributed by atoms with E-state index < -0.39 is 17.8 Å². The van der Waals surface area contributed by atoms with Crippen LogP contribution < -0.4 is 21.5 Å². The number of rotatable bonds is 5. The smallest absolute Gasteiger partial charge is 0.315 e. The zero-order chi connectivity index (χ0) is 17.4. The molecular formula is C15H15FN4O3S. The second-order valence-corrected chi connectivity index (χ2v) is 5.59. The van der Waals surface area contributed by atoms with Crippen LogP contribution in [-0.2, 0) is 11.3 Å². The first-order valence-electron chi connectivity index (χ1n) is 6.93. The fourth-order valence-electron chi connectivity index (χ4n) is 1.65. The van der Waals surface area contributed by atoms with Gasteiger partial charge in [0.1, 0.15) is 12.4 Å². The Bertz CT molecular complexity index is 704. The van der Waals surface area contributed by atoms with Crippen LogP contribution in [0.2, 0.25) is 0 Å². The molecule has 0 bridgehead atoms. The van der Waals surface area contributed by atoms with Crippen LogP contribution in [0, 0.1) is 5.82 Å². The summed E-state index contributed by atoms with van der Waals surface area (Å²) >= 11 is 1.24. The molecule has 4 amide bonds. The number of hydrogen-bond donors (Lipinski definition) is 4. The third kappa shape index (κ3) is 5.69. The van der Waals surface area contributed by atoms with Crippen molar-refractivity contribution < 1.29 is 18.8 Å². The second kappa shape index (κ2) is 8.63. The monoisotopic (exact) mass is 350 g/mol. The molecule has 2 aromatic rings. The lowest BCUT2D eigenvalue weighted by Gasteiger charge is -2.09. The minimum atomic E-state index is -0.572. The zero-order valence-corrected chi connectivity index (χ0v) is 13.3. The van der Waals surface area contributed by atoms with Gasteiger partial charge in [0.25, 0.3) is 11.8 Å². The average Bonchev–Trinajstić information content (AvgIpc) is 3.12. The van der Waals surface area contributed by atoms with Gasteiger partial charge in [0, 0.05) is 6.54 Å². The molecule has 4 N–H and O–H groups in total. The second-order valence-electron chi connectivity index (χ2n) is 4.64. The molecule has 0 aliphatic heterocycles. The summed E-state index contributed by atoms with van der Waals surface area (Å²) in [5, 5.41) is 6.60. The number of nitrogens with one attached hydrogen (secondary N) is 4. The molecule has 2 rings (SSSR count). The summed E-state index contributed by atoms with van der Waals surface area (Å²) < 4.78 is 12.7. The highest BCUT2D eigenvalue weighted by Crippen LogP contribution is 2.06. The van der Waals surface area contributed by atoms with Crippen LogP contribution in [0.25, 0.3) is 0 Å². The van der Waals surface area contributed by atoms with Crippen molar-refractivity contribution in [2.45, 2.75) is 6.54 Å². The van der Waals surface area contributed by atoms with Crippen molar-refractivity contribution in [3.05, 3.63) is 58.0 Å². The number of hydrazine groups is 1. The Morgan fingerprint density at radius 3 is 2.42 bits per heavy atom. The summed E-state index contributed by atoms with van der Waals surface area (Å²) in [6.07, 6.45) is 0. The number of hydrogen-bond acceptors (Lipinski definition) is 4. The molecule has 0 unspecified atom stereocenters. The number of benzene rings is 1. The van der Waals surface area contributed by atoms with E-state index in [1.807, 2.05) is 0 Å². The predicted octanol–water partition coefficient (Wildman–Crippen LogP) is 1.15. The van der Waals surface area contributed by atoms with E-state index in [9.17, 15) is 18.8 Å². The molecule has 24 heavy (non-hydrogen) atoms. The minimum Gasteiger partial charge on any atom is -0.334 e. The van der Waals surface area contributed by atoms with Gasteiger partial charge in [0.05, 0.1) is 4.88 Å². The highest BCUT2D eigenvalue weighted by Gasteiger charge is 2.09. The van der Waals surface area contributed by atoms with Gasteiger partial charge >= 0.3 is 6.03 Å². The van der Waals surface area contributed by atoms with Gasteiger partial charge in [-0.15, -0.1) is 11.3 Å². The summed E-state index contributed by atoms with van der Waals surface area (Å²) in [5.41, 5.74) is 5.15. The van der Waals surface area contributed by atoms with Crippen molar-refractivity contribution in [1.29, 1.82) is 0 Å². The lowest BCUT2D eigenvalue weighted by atomic mass is 10.2. The molecule has 1 heterocycles. The van der Waals surface area contributed by atoms with Gasteiger partial charge in [0.2, 0.25) is 0 Å². The molecule has 7 nitrogen and oxygen atoms in total. The van der Waals surface area contributed by atoms with E-state index in [1.165, 1.54) is 23.5 Å². The van der Waals surface area contributed by atoms with Gasteiger partial charge in [-0.3, -0.25) is 20.4 Å². The maximum Gasteiger partial charge on any atom is 0.315 e. The van der Waals surface area contributed by atoms with E-state index in [-0.39, 0.29) is 18.9 Å². The van der Waals surface area contributed by atoms with Crippen LogP contribution in [0.1, 0.15) is 15.2 Å². The van der Waals surface area contributed by atoms with Crippen LogP contribution in [0.4, 0.5) is 9.18 Å². The maximum absolute atomic E-state index is 12.7. The van der Waals surface area contributed by atoms with E-state index in [2.05, 4.69) is 21.5 Å². The normalized spacial score (nSPS) is 9.88. The molecule has 0 saturated carbocycles. The quantitative estimate of drug-likeness (QED) is 0.609. The van der Waals surface area contributed by atoms with Crippen LogP contribution in [0.15, 0.2) is 41.8 Å². The zero-order valence-electron chi connectivity index (χ0n) is 12.5. The summed E-state index contributed by atoms with van der Waals surface area (Å²) in [6.45, 7) is -0.108. The van der Waals surface area contributed by atoms with Crippen LogP contribution in [-0.4, -0.2) is 24.4 Å². The molecule has 0 aliphatic rings. The maximum atomic E-state index is 12.7. The van der Waals surface area contributed by atoms with Crippen molar-refractivity contribution in [3.63, 3.8) is 0 Å². The van der Waals surface area contributed by atoms with Crippen molar-refractivity contribution in [2.24, 2.45) is 0 Å². The van der Waals surface area contributed by atoms with Crippen molar-refractivity contribution in [2.75, 3.05) is 6.54 Å². The fraction of sp³-hybridized carbons (Fsp3) is 0.133. The van der Waals surface area contributed by atoms with Gasteiger partial charge in [-0.1, -0.05) is 18.2 Å². The van der Waals surface area contributed by atoms with Gasteiger partial charge in [-0.05, 0) is 29.1 Å². The largest absolute Gasteiger partial charge is 0.334 e. The topological polar surface area (TPSA) is 99.3 Å². The Kier molecular flexibility index (Phi) is 6.26. The summed E-state index contributed by atoms with van der Waals surface area (Å²) in [6, 6.07) is 8.45. The number of urea groups is 1. The first-order chi connectivity index (χ1) is 11.5. The summed E-state index contributed by atoms with van der Waals surface area (Å²) in [4.78, 5) is 35.1. The molecule has 9 heteroatoms. The van der Waals surface area contributed by atoms with E-state index >= 15 is 0 Å². The summed E-state index contributed by atoms with van der Waals surface area (Å²) in [7, 11) is 0.